The molecule has 20 heavy (non-hydrogen) atoms. The maximum Gasteiger partial charge on any atom is 0.147 e. The van der Waals surface area contributed by atoms with Gasteiger partial charge in [-0.2, -0.15) is 0 Å². The maximum absolute atomic E-state index is 5.91. The molecule has 0 fully saturated rings. The number of ether oxygens (including phenoxy) is 1. The summed E-state index contributed by atoms with van der Waals surface area (Å²) in [4.78, 5) is 6.68. The second-order valence-corrected chi connectivity index (χ2v) is 5.59. The fourth-order valence-electron chi connectivity index (χ4n) is 2.31. The van der Waals surface area contributed by atoms with E-state index in [0.29, 0.717) is 5.69 Å². The number of aromatic nitrogens is 1. The van der Waals surface area contributed by atoms with Gasteiger partial charge in [-0.3, -0.25) is 0 Å². The fraction of sp³-hybridized carbons (Fsp3) is 0.267. The molecule has 0 unspecified atom stereocenters. The van der Waals surface area contributed by atoms with Gasteiger partial charge in [0.1, 0.15) is 11.6 Å². The van der Waals surface area contributed by atoms with Crippen molar-refractivity contribution in [2.24, 2.45) is 0 Å². The van der Waals surface area contributed by atoms with Gasteiger partial charge < -0.3 is 15.4 Å². The Hall–Kier alpha value is -1.75. The zero-order chi connectivity index (χ0) is 14.1. The number of nitrogen functional groups attached to an aromatic ring is 1. The van der Waals surface area contributed by atoms with Crippen LogP contribution in [0.4, 0.5) is 17.2 Å². The number of hydrogen-bond acceptors (Lipinski definition) is 4. The van der Waals surface area contributed by atoms with Crippen molar-refractivity contribution in [3.63, 3.8) is 0 Å². The number of para-hydroxylation sites is 2. The van der Waals surface area contributed by atoms with Crippen molar-refractivity contribution >= 4 is 33.1 Å². The second kappa shape index (κ2) is 5.32. The van der Waals surface area contributed by atoms with Gasteiger partial charge in [-0.15, -0.1) is 0 Å². The summed E-state index contributed by atoms with van der Waals surface area (Å²) in [5.41, 5.74) is 8.66. The van der Waals surface area contributed by atoms with Gasteiger partial charge in [-0.05, 0) is 47.0 Å². The second-order valence-electron chi connectivity index (χ2n) is 4.80. The fourth-order valence-corrected chi connectivity index (χ4v) is 2.86. The minimum absolute atomic E-state index is 0.694. The first-order valence-corrected chi connectivity index (χ1v) is 7.37. The highest BCUT2D eigenvalue weighted by atomic mass is 79.9. The van der Waals surface area contributed by atoms with E-state index in [1.807, 2.05) is 25.1 Å². The third-order valence-corrected chi connectivity index (χ3v) is 4.43. The number of hydrogen-bond donors (Lipinski definition) is 1. The van der Waals surface area contributed by atoms with Gasteiger partial charge in [-0.25, -0.2) is 4.98 Å². The molecule has 2 aromatic rings. The predicted octanol–water partition coefficient (Wildman–Crippen LogP) is 3.66. The van der Waals surface area contributed by atoms with Gasteiger partial charge in [0.25, 0.3) is 0 Å². The first-order valence-electron chi connectivity index (χ1n) is 6.58. The molecule has 1 aliphatic heterocycles. The summed E-state index contributed by atoms with van der Waals surface area (Å²) in [5, 5.41) is 0. The summed E-state index contributed by atoms with van der Waals surface area (Å²) < 4.78 is 6.72. The third kappa shape index (κ3) is 2.22. The number of anilines is 3. The van der Waals surface area contributed by atoms with Crippen molar-refractivity contribution in [3.8, 4) is 5.75 Å². The van der Waals surface area contributed by atoms with Gasteiger partial charge in [0.15, 0.2) is 0 Å². The van der Waals surface area contributed by atoms with E-state index in [-0.39, 0.29) is 0 Å². The van der Waals surface area contributed by atoms with E-state index in [2.05, 4.69) is 31.9 Å². The predicted molar refractivity (Wildman–Crippen MR) is 84.6 cm³/mol. The average molecular weight is 334 g/mol. The molecular weight excluding hydrogens is 318 g/mol. The lowest BCUT2D eigenvalue weighted by atomic mass is 10.2. The zero-order valence-electron chi connectivity index (χ0n) is 11.3. The maximum atomic E-state index is 5.91. The quantitative estimate of drug-likeness (QED) is 0.865. The summed E-state index contributed by atoms with van der Waals surface area (Å²) in [6, 6.07) is 8.05. The van der Waals surface area contributed by atoms with Gasteiger partial charge in [-0.1, -0.05) is 12.1 Å². The van der Waals surface area contributed by atoms with Crippen molar-refractivity contribution in [1.82, 2.24) is 4.98 Å². The number of fused-ring (bicyclic) bond motifs is 1. The topological polar surface area (TPSA) is 51.4 Å². The van der Waals surface area contributed by atoms with Crippen LogP contribution in [0, 0.1) is 6.92 Å². The van der Waals surface area contributed by atoms with E-state index in [9.17, 15) is 0 Å². The van der Waals surface area contributed by atoms with Crippen LogP contribution in [0.25, 0.3) is 0 Å². The van der Waals surface area contributed by atoms with Crippen molar-refractivity contribution in [2.75, 3.05) is 23.8 Å². The molecule has 0 saturated heterocycles. The third-order valence-electron chi connectivity index (χ3n) is 3.48. The molecule has 0 spiro atoms. The average Bonchev–Trinajstić information content (AvgIpc) is 2.68. The van der Waals surface area contributed by atoms with Crippen molar-refractivity contribution in [2.45, 2.75) is 13.3 Å². The first kappa shape index (κ1) is 13.2. The lowest BCUT2D eigenvalue weighted by Crippen LogP contribution is -2.20. The minimum atomic E-state index is 0.694. The van der Waals surface area contributed by atoms with Crippen LogP contribution >= 0.6 is 15.9 Å². The first-order chi connectivity index (χ1) is 9.68. The van der Waals surface area contributed by atoms with E-state index in [1.54, 1.807) is 6.20 Å². The van der Waals surface area contributed by atoms with Crippen LogP contribution in [0.5, 0.6) is 5.75 Å². The lowest BCUT2D eigenvalue weighted by Gasteiger charge is -2.24. The molecule has 3 rings (SSSR count). The molecule has 1 aliphatic rings. The molecule has 5 heteroatoms. The van der Waals surface area contributed by atoms with E-state index >= 15 is 0 Å². The highest BCUT2D eigenvalue weighted by molar-refractivity contribution is 9.10. The molecule has 4 nitrogen and oxygen atoms in total. The van der Waals surface area contributed by atoms with Gasteiger partial charge >= 0.3 is 0 Å². The Morgan fingerprint density at radius 1 is 1.35 bits per heavy atom. The van der Waals surface area contributed by atoms with Gasteiger partial charge in [0.2, 0.25) is 0 Å². The molecule has 0 saturated carbocycles. The van der Waals surface area contributed by atoms with Gasteiger partial charge in [0, 0.05) is 6.54 Å². The van der Waals surface area contributed by atoms with Crippen molar-refractivity contribution in [1.29, 1.82) is 0 Å². The van der Waals surface area contributed by atoms with E-state index in [4.69, 9.17) is 10.5 Å². The van der Waals surface area contributed by atoms with Gasteiger partial charge in [0.05, 0.1) is 28.7 Å². The van der Waals surface area contributed by atoms with Crippen LogP contribution < -0.4 is 15.4 Å². The number of nitrogens with two attached hydrogens (primary N) is 1. The molecule has 0 aliphatic carbocycles. The zero-order valence-corrected chi connectivity index (χ0v) is 12.9. The normalized spacial score (nSPS) is 14.4. The smallest absolute Gasteiger partial charge is 0.147 e. The number of nitrogens with zero attached hydrogens (tertiary/aromatic N) is 2. The largest absolute Gasteiger partial charge is 0.491 e. The summed E-state index contributed by atoms with van der Waals surface area (Å²) >= 11 is 3.62. The minimum Gasteiger partial charge on any atom is -0.491 e. The highest BCUT2D eigenvalue weighted by Crippen LogP contribution is 2.39. The number of halogens is 1. The van der Waals surface area contributed by atoms with E-state index in [1.165, 1.54) is 0 Å². The molecule has 0 bridgehead atoms. The van der Waals surface area contributed by atoms with Crippen molar-refractivity contribution < 1.29 is 4.74 Å². The molecule has 0 amide bonds. The Kier molecular flexibility index (Phi) is 3.53. The Morgan fingerprint density at radius 3 is 3.00 bits per heavy atom. The van der Waals surface area contributed by atoms with Crippen LogP contribution in [0.1, 0.15) is 12.0 Å². The molecule has 2 N–H and O–H groups in total. The van der Waals surface area contributed by atoms with E-state index in [0.717, 1.165) is 46.9 Å². The van der Waals surface area contributed by atoms with Crippen LogP contribution in [0.15, 0.2) is 34.9 Å². The Bertz CT molecular complexity index is 645. The molecule has 104 valence electrons. The highest BCUT2D eigenvalue weighted by Gasteiger charge is 2.21. The van der Waals surface area contributed by atoms with Crippen LogP contribution in [-0.2, 0) is 0 Å². The SMILES string of the molecule is Cc1c(N)cnc(N2CCCOc3ccccc32)c1Br. The molecule has 1 aromatic heterocycles. The molecule has 2 heterocycles. The van der Waals surface area contributed by atoms with Crippen LogP contribution in [0.3, 0.4) is 0 Å². The Balaban J connectivity index is 2.13. The number of pyridine rings is 1. The number of rotatable bonds is 1. The standard InChI is InChI=1S/C15H16BrN3O/c1-10-11(17)9-18-15(14(10)16)19-7-4-8-20-13-6-3-2-5-12(13)19/h2-3,5-6,9H,4,7-8,17H2,1H3. The molecular formula is C15H16BrN3O. The molecule has 0 radical (unpaired) electrons. The van der Waals surface area contributed by atoms with E-state index < -0.39 is 0 Å². The summed E-state index contributed by atoms with van der Waals surface area (Å²) in [5.74, 6) is 1.78. The Labute approximate surface area is 126 Å². The van der Waals surface area contributed by atoms with Crippen molar-refractivity contribution in [3.05, 3.63) is 40.5 Å². The summed E-state index contributed by atoms with van der Waals surface area (Å²) in [6.07, 6.45) is 2.66. The number of benzene rings is 1. The van der Waals surface area contributed by atoms with Crippen LogP contribution in [0.2, 0.25) is 0 Å². The summed E-state index contributed by atoms with van der Waals surface area (Å²) in [7, 11) is 0. The Morgan fingerprint density at radius 2 is 2.15 bits per heavy atom. The lowest BCUT2D eigenvalue weighted by molar-refractivity contribution is 0.322. The molecule has 1 aromatic carbocycles. The monoisotopic (exact) mass is 333 g/mol. The van der Waals surface area contributed by atoms with Crippen LogP contribution in [-0.4, -0.2) is 18.1 Å². The summed E-state index contributed by atoms with van der Waals surface area (Å²) in [6.45, 7) is 3.58. The molecule has 0 atom stereocenters.